The third-order valence-electron chi connectivity index (χ3n) is 1.74. The number of hydrogen-bond donors (Lipinski definition) is 1. The maximum atomic E-state index is 11.4. The van der Waals surface area contributed by atoms with E-state index in [0.29, 0.717) is 18.1 Å². The highest BCUT2D eigenvalue weighted by atomic mass is 35.5. The molecule has 0 aromatic carbocycles. The van der Waals surface area contributed by atoms with Crippen molar-refractivity contribution >= 4 is 17.5 Å². The normalized spacial score (nSPS) is 9.79. The summed E-state index contributed by atoms with van der Waals surface area (Å²) in [7, 11) is 0. The Morgan fingerprint density at radius 2 is 2.29 bits per heavy atom. The van der Waals surface area contributed by atoms with Gasteiger partial charge in [-0.25, -0.2) is 0 Å². The first-order valence-corrected chi connectivity index (χ1v) is 5.13. The molecule has 0 unspecified atom stereocenters. The molecule has 1 aromatic heterocycles. The van der Waals surface area contributed by atoms with Gasteiger partial charge in [0.05, 0.1) is 0 Å². The zero-order chi connectivity index (χ0) is 10.2. The lowest BCUT2D eigenvalue weighted by Crippen LogP contribution is -2.25. The Kier molecular flexibility index (Phi) is 5.00. The summed E-state index contributed by atoms with van der Waals surface area (Å²) in [5, 5.41) is 2.77. The first kappa shape index (κ1) is 11.0. The summed E-state index contributed by atoms with van der Waals surface area (Å²) in [6.45, 7) is 0.655. The summed E-state index contributed by atoms with van der Waals surface area (Å²) < 4.78 is 0. The summed E-state index contributed by atoms with van der Waals surface area (Å²) in [6, 6.07) is 5.27. The average molecular weight is 213 g/mol. The van der Waals surface area contributed by atoms with E-state index >= 15 is 0 Å². The standard InChI is InChI=1S/C10H13ClN2O/c11-6-2-4-8-13-10(14)9-5-1-3-7-12-9/h1,3,5,7H,2,4,6,8H2,(H,13,14). The fourth-order valence-electron chi connectivity index (χ4n) is 1.01. The van der Waals surface area contributed by atoms with Gasteiger partial charge in [0.25, 0.3) is 5.91 Å². The minimum absolute atomic E-state index is 0.125. The maximum absolute atomic E-state index is 11.4. The molecule has 1 aromatic rings. The van der Waals surface area contributed by atoms with E-state index in [9.17, 15) is 4.79 Å². The van der Waals surface area contributed by atoms with Crippen LogP contribution in [-0.4, -0.2) is 23.3 Å². The molecule has 0 bridgehead atoms. The van der Waals surface area contributed by atoms with Gasteiger partial charge in [-0.1, -0.05) is 6.07 Å². The summed E-state index contributed by atoms with van der Waals surface area (Å²) in [5.41, 5.74) is 0.457. The lowest BCUT2D eigenvalue weighted by atomic mass is 10.3. The van der Waals surface area contributed by atoms with Crippen LogP contribution in [0.1, 0.15) is 23.3 Å². The number of hydrogen-bond acceptors (Lipinski definition) is 2. The molecule has 0 spiro atoms. The number of rotatable bonds is 5. The Morgan fingerprint density at radius 1 is 1.43 bits per heavy atom. The Labute approximate surface area is 88.5 Å². The molecule has 0 saturated heterocycles. The molecule has 1 rings (SSSR count). The molecule has 0 aliphatic rings. The van der Waals surface area contributed by atoms with Gasteiger partial charge in [-0.2, -0.15) is 0 Å². The van der Waals surface area contributed by atoms with Crippen LogP contribution in [0, 0.1) is 0 Å². The first-order chi connectivity index (χ1) is 6.84. The van der Waals surface area contributed by atoms with Crippen molar-refractivity contribution in [3.8, 4) is 0 Å². The largest absolute Gasteiger partial charge is 0.351 e. The van der Waals surface area contributed by atoms with E-state index in [1.54, 1.807) is 24.4 Å². The molecule has 0 saturated carbocycles. The van der Waals surface area contributed by atoms with Gasteiger partial charge in [-0.05, 0) is 25.0 Å². The number of pyridine rings is 1. The van der Waals surface area contributed by atoms with E-state index < -0.39 is 0 Å². The fourth-order valence-corrected chi connectivity index (χ4v) is 1.20. The Morgan fingerprint density at radius 3 is 2.93 bits per heavy atom. The monoisotopic (exact) mass is 212 g/mol. The highest BCUT2D eigenvalue weighted by molar-refractivity contribution is 6.17. The molecule has 0 fully saturated rings. The quantitative estimate of drug-likeness (QED) is 0.598. The van der Waals surface area contributed by atoms with E-state index in [-0.39, 0.29) is 5.91 Å². The van der Waals surface area contributed by atoms with Gasteiger partial charge in [0, 0.05) is 18.6 Å². The Hall–Kier alpha value is -1.09. The van der Waals surface area contributed by atoms with Crippen molar-refractivity contribution in [2.45, 2.75) is 12.8 Å². The van der Waals surface area contributed by atoms with Gasteiger partial charge >= 0.3 is 0 Å². The number of carbonyl (C=O) groups is 1. The maximum Gasteiger partial charge on any atom is 0.269 e. The topological polar surface area (TPSA) is 42.0 Å². The SMILES string of the molecule is O=C(NCCCCCl)c1ccccn1. The third-order valence-corrected chi connectivity index (χ3v) is 2.01. The Balaban J connectivity index is 2.29. The molecule has 4 heteroatoms. The molecule has 76 valence electrons. The molecule has 1 N–H and O–H groups in total. The summed E-state index contributed by atoms with van der Waals surface area (Å²) in [4.78, 5) is 15.3. The second-order valence-electron chi connectivity index (χ2n) is 2.87. The van der Waals surface area contributed by atoms with Gasteiger partial charge in [-0.3, -0.25) is 9.78 Å². The molecular weight excluding hydrogens is 200 g/mol. The van der Waals surface area contributed by atoms with E-state index in [1.807, 2.05) is 0 Å². The number of carbonyl (C=O) groups excluding carboxylic acids is 1. The smallest absolute Gasteiger partial charge is 0.269 e. The van der Waals surface area contributed by atoms with Crippen molar-refractivity contribution in [2.24, 2.45) is 0 Å². The van der Waals surface area contributed by atoms with Gasteiger partial charge in [0.2, 0.25) is 0 Å². The molecule has 0 aliphatic heterocycles. The number of unbranched alkanes of at least 4 members (excludes halogenated alkanes) is 1. The van der Waals surface area contributed by atoms with Crippen LogP contribution in [-0.2, 0) is 0 Å². The molecule has 0 radical (unpaired) electrons. The molecule has 3 nitrogen and oxygen atoms in total. The summed E-state index contributed by atoms with van der Waals surface area (Å²) in [5.74, 6) is 0.514. The van der Waals surface area contributed by atoms with E-state index in [0.717, 1.165) is 12.8 Å². The Bertz CT molecular complexity index is 277. The number of nitrogens with one attached hydrogen (secondary N) is 1. The molecule has 1 amide bonds. The third kappa shape index (κ3) is 3.75. The van der Waals surface area contributed by atoms with Crippen molar-refractivity contribution < 1.29 is 4.79 Å². The van der Waals surface area contributed by atoms with Gasteiger partial charge in [0.1, 0.15) is 5.69 Å². The van der Waals surface area contributed by atoms with E-state index in [1.165, 1.54) is 0 Å². The van der Waals surface area contributed by atoms with Crippen LogP contribution in [0.5, 0.6) is 0 Å². The van der Waals surface area contributed by atoms with Gasteiger partial charge < -0.3 is 5.32 Å². The van der Waals surface area contributed by atoms with Crippen molar-refractivity contribution in [3.63, 3.8) is 0 Å². The predicted octanol–water partition coefficient (Wildman–Crippen LogP) is 1.83. The zero-order valence-electron chi connectivity index (χ0n) is 7.87. The van der Waals surface area contributed by atoms with Gasteiger partial charge in [0.15, 0.2) is 0 Å². The first-order valence-electron chi connectivity index (χ1n) is 4.60. The predicted molar refractivity (Wildman–Crippen MR) is 56.5 cm³/mol. The van der Waals surface area contributed by atoms with Crippen LogP contribution < -0.4 is 5.32 Å². The number of alkyl halides is 1. The highest BCUT2D eigenvalue weighted by Gasteiger charge is 2.03. The molecule has 14 heavy (non-hydrogen) atoms. The second kappa shape index (κ2) is 6.38. The van der Waals surface area contributed by atoms with Crippen LogP contribution in [0.4, 0.5) is 0 Å². The minimum Gasteiger partial charge on any atom is -0.351 e. The summed E-state index contributed by atoms with van der Waals surface area (Å²) >= 11 is 5.51. The molecular formula is C10H13ClN2O. The number of aromatic nitrogens is 1. The molecule has 0 aliphatic carbocycles. The van der Waals surface area contributed by atoms with Crippen molar-refractivity contribution in [1.29, 1.82) is 0 Å². The second-order valence-corrected chi connectivity index (χ2v) is 3.24. The highest BCUT2D eigenvalue weighted by Crippen LogP contribution is 1.94. The van der Waals surface area contributed by atoms with E-state index in [4.69, 9.17) is 11.6 Å². The van der Waals surface area contributed by atoms with Gasteiger partial charge in [-0.15, -0.1) is 11.6 Å². The molecule has 1 heterocycles. The van der Waals surface area contributed by atoms with Crippen LogP contribution in [0.15, 0.2) is 24.4 Å². The molecule has 0 atom stereocenters. The summed E-state index contributed by atoms with van der Waals surface area (Å²) in [6.07, 6.45) is 3.43. The number of nitrogens with zero attached hydrogens (tertiary/aromatic N) is 1. The van der Waals surface area contributed by atoms with Crippen LogP contribution in [0.2, 0.25) is 0 Å². The van der Waals surface area contributed by atoms with Crippen LogP contribution in [0.3, 0.4) is 0 Å². The van der Waals surface area contributed by atoms with Crippen molar-refractivity contribution in [2.75, 3.05) is 12.4 Å². The van der Waals surface area contributed by atoms with Crippen molar-refractivity contribution in [1.82, 2.24) is 10.3 Å². The lowest BCUT2D eigenvalue weighted by molar-refractivity contribution is 0.0948. The fraction of sp³-hybridized carbons (Fsp3) is 0.400. The van der Waals surface area contributed by atoms with Crippen molar-refractivity contribution in [3.05, 3.63) is 30.1 Å². The zero-order valence-corrected chi connectivity index (χ0v) is 8.63. The average Bonchev–Trinajstić information content (AvgIpc) is 2.25. The van der Waals surface area contributed by atoms with E-state index in [2.05, 4.69) is 10.3 Å². The number of amides is 1. The number of halogens is 1. The van der Waals surface area contributed by atoms with Crippen LogP contribution >= 0.6 is 11.6 Å². The minimum atomic E-state index is -0.125. The van der Waals surface area contributed by atoms with Crippen LogP contribution in [0.25, 0.3) is 0 Å². The lowest BCUT2D eigenvalue weighted by Gasteiger charge is -2.02.